The summed E-state index contributed by atoms with van der Waals surface area (Å²) in [7, 11) is 0. The van der Waals surface area contributed by atoms with Gasteiger partial charge in [0, 0.05) is 18.5 Å². The lowest BCUT2D eigenvalue weighted by Crippen LogP contribution is -2.34. The van der Waals surface area contributed by atoms with Gasteiger partial charge in [-0.1, -0.05) is 72.8 Å². The second-order valence-electron chi connectivity index (χ2n) is 8.39. The largest absolute Gasteiger partial charge is 0.487 e. The second kappa shape index (κ2) is 9.22. The number of fused-ring (bicyclic) bond motifs is 1. The van der Waals surface area contributed by atoms with Crippen molar-refractivity contribution in [1.29, 1.82) is 0 Å². The van der Waals surface area contributed by atoms with Crippen LogP contribution >= 0.6 is 0 Å². The van der Waals surface area contributed by atoms with Gasteiger partial charge in [-0.15, -0.1) is 0 Å². The maximum absolute atomic E-state index is 6.15. The summed E-state index contributed by atoms with van der Waals surface area (Å²) >= 11 is 0. The lowest BCUT2D eigenvalue weighted by molar-refractivity contribution is 0.309. The molecule has 0 bridgehead atoms. The zero-order chi connectivity index (χ0) is 20.9. The van der Waals surface area contributed by atoms with Gasteiger partial charge in [0.05, 0.1) is 0 Å². The van der Waals surface area contributed by atoms with Gasteiger partial charge in [-0.2, -0.15) is 0 Å². The van der Waals surface area contributed by atoms with Crippen LogP contribution in [0.25, 0.3) is 10.9 Å². The molecule has 1 aliphatic heterocycles. The van der Waals surface area contributed by atoms with E-state index in [1.165, 1.54) is 24.8 Å². The molecule has 0 unspecified atom stereocenters. The highest BCUT2D eigenvalue weighted by molar-refractivity contribution is 5.86. The van der Waals surface area contributed by atoms with Gasteiger partial charge in [0.2, 0.25) is 0 Å². The molecule has 3 aromatic carbocycles. The molecule has 0 saturated carbocycles. The predicted octanol–water partition coefficient (Wildman–Crippen LogP) is 6.27. The highest BCUT2D eigenvalue weighted by Gasteiger charge is 2.21. The van der Waals surface area contributed by atoms with Crippen LogP contribution in [0.4, 0.5) is 5.82 Å². The summed E-state index contributed by atoms with van der Waals surface area (Å²) in [6.07, 6.45) is 3.60. The first-order valence-electron chi connectivity index (χ1n) is 11.2. The average molecular weight is 409 g/mol. The number of pyridine rings is 1. The highest BCUT2D eigenvalue weighted by atomic mass is 16.5. The number of hydrogen-bond donors (Lipinski definition) is 0. The molecular weight excluding hydrogens is 380 g/mol. The molecule has 3 nitrogen and oxygen atoms in total. The number of ether oxygens (including phenoxy) is 1. The van der Waals surface area contributed by atoms with Gasteiger partial charge in [-0.25, -0.2) is 4.98 Å². The summed E-state index contributed by atoms with van der Waals surface area (Å²) in [5, 5.41) is 1.12. The number of anilines is 1. The van der Waals surface area contributed by atoms with E-state index in [1.54, 1.807) is 0 Å². The molecule has 0 amide bonds. The molecule has 4 aromatic rings. The van der Waals surface area contributed by atoms with E-state index in [0.29, 0.717) is 6.61 Å². The van der Waals surface area contributed by atoms with Crippen molar-refractivity contribution in [3.8, 4) is 5.75 Å². The molecule has 0 N–H and O–H groups in total. The van der Waals surface area contributed by atoms with E-state index >= 15 is 0 Å². The first-order valence-corrected chi connectivity index (χ1v) is 11.2. The molecular formula is C28H28N2O. The van der Waals surface area contributed by atoms with Crippen molar-refractivity contribution in [3.63, 3.8) is 0 Å². The Morgan fingerprint density at radius 3 is 2.19 bits per heavy atom. The normalized spacial score (nSPS) is 14.6. The first kappa shape index (κ1) is 19.6. The maximum atomic E-state index is 6.15. The van der Waals surface area contributed by atoms with E-state index < -0.39 is 0 Å². The van der Waals surface area contributed by atoms with E-state index in [0.717, 1.165) is 47.0 Å². The van der Waals surface area contributed by atoms with Crippen molar-refractivity contribution >= 4 is 16.7 Å². The van der Waals surface area contributed by atoms with Crippen LogP contribution in [0.1, 0.15) is 24.0 Å². The zero-order valence-corrected chi connectivity index (χ0v) is 17.8. The fraction of sp³-hybridized carbons (Fsp3) is 0.250. The third-order valence-corrected chi connectivity index (χ3v) is 6.21. The van der Waals surface area contributed by atoms with Crippen molar-refractivity contribution in [3.05, 3.63) is 102 Å². The summed E-state index contributed by atoms with van der Waals surface area (Å²) in [5.41, 5.74) is 3.56. The Morgan fingerprint density at radius 1 is 0.742 bits per heavy atom. The predicted molar refractivity (Wildman–Crippen MR) is 128 cm³/mol. The van der Waals surface area contributed by atoms with Crippen LogP contribution in [0.15, 0.2) is 91.0 Å². The number of nitrogens with zero attached hydrogens (tertiary/aromatic N) is 2. The first-order chi connectivity index (χ1) is 15.3. The van der Waals surface area contributed by atoms with Crippen LogP contribution in [0.3, 0.4) is 0 Å². The zero-order valence-electron chi connectivity index (χ0n) is 17.8. The molecule has 0 radical (unpaired) electrons. The topological polar surface area (TPSA) is 25.4 Å². The van der Waals surface area contributed by atoms with Gasteiger partial charge in [0.15, 0.2) is 0 Å². The Hall–Kier alpha value is -3.33. The summed E-state index contributed by atoms with van der Waals surface area (Å²) < 4.78 is 6.15. The van der Waals surface area contributed by atoms with Crippen molar-refractivity contribution in [1.82, 2.24) is 4.98 Å². The monoisotopic (exact) mass is 408 g/mol. The third kappa shape index (κ3) is 4.72. The van der Waals surface area contributed by atoms with Crippen LogP contribution in [-0.4, -0.2) is 18.1 Å². The lowest BCUT2D eigenvalue weighted by Gasteiger charge is -2.33. The summed E-state index contributed by atoms with van der Waals surface area (Å²) in [6.45, 7) is 2.67. The van der Waals surface area contributed by atoms with Crippen LogP contribution in [-0.2, 0) is 13.0 Å². The SMILES string of the molecule is c1ccc(COc2cccc3ccc(N4CCC(Cc5ccccc5)CC4)nc23)cc1. The number of piperidine rings is 1. The van der Waals surface area contributed by atoms with E-state index in [9.17, 15) is 0 Å². The van der Waals surface area contributed by atoms with Gasteiger partial charge in [-0.05, 0) is 54.5 Å². The quantitative estimate of drug-likeness (QED) is 0.376. The van der Waals surface area contributed by atoms with Gasteiger partial charge in [-0.3, -0.25) is 0 Å². The van der Waals surface area contributed by atoms with E-state index in [1.807, 2.05) is 30.3 Å². The van der Waals surface area contributed by atoms with Gasteiger partial charge >= 0.3 is 0 Å². The summed E-state index contributed by atoms with van der Waals surface area (Å²) in [6, 6.07) is 31.6. The van der Waals surface area contributed by atoms with Gasteiger partial charge in [0.25, 0.3) is 0 Å². The van der Waals surface area contributed by atoms with Crippen molar-refractivity contribution in [2.75, 3.05) is 18.0 Å². The second-order valence-corrected chi connectivity index (χ2v) is 8.39. The third-order valence-electron chi connectivity index (χ3n) is 6.21. The molecule has 3 heteroatoms. The minimum Gasteiger partial charge on any atom is -0.487 e. The number of hydrogen-bond acceptors (Lipinski definition) is 3. The molecule has 0 atom stereocenters. The Kier molecular flexibility index (Phi) is 5.83. The van der Waals surface area contributed by atoms with E-state index in [-0.39, 0.29) is 0 Å². The molecule has 2 heterocycles. The standard InChI is InChI=1S/C28H28N2O/c1-3-8-22(9-4-1)20-23-16-18-30(19-17-23)27-15-14-25-12-7-13-26(28(25)29-27)31-21-24-10-5-2-6-11-24/h1-15,23H,16-21H2. The maximum Gasteiger partial charge on any atom is 0.146 e. The Bertz CT molecular complexity index is 1120. The molecule has 0 spiro atoms. The number of rotatable bonds is 6. The summed E-state index contributed by atoms with van der Waals surface area (Å²) in [5.74, 6) is 2.66. The van der Waals surface area contributed by atoms with Crippen LogP contribution in [0, 0.1) is 5.92 Å². The van der Waals surface area contributed by atoms with Crippen LogP contribution < -0.4 is 9.64 Å². The fourth-order valence-corrected chi connectivity index (χ4v) is 4.45. The van der Waals surface area contributed by atoms with Crippen molar-refractivity contribution in [2.24, 2.45) is 5.92 Å². The molecule has 1 fully saturated rings. The van der Waals surface area contributed by atoms with Gasteiger partial charge < -0.3 is 9.64 Å². The minimum absolute atomic E-state index is 0.552. The minimum atomic E-state index is 0.552. The fourth-order valence-electron chi connectivity index (χ4n) is 4.45. The highest BCUT2D eigenvalue weighted by Crippen LogP contribution is 2.30. The molecule has 0 aliphatic carbocycles. The Labute approximate surface area is 184 Å². The van der Waals surface area contributed by atoms with Crippen LogP contribution in [0.2, 0.25) is 0 Å². The molecule has 5 rings (SSSR count). The number of para-hydroxylation sites is 1. The average Bonchev–Trinajstić information content (AvgIpc) is 2.84. The molecule has 1 aliphatic rings. The number of benzene rings is 3. The summed E-state index contributed by atoms with van der Waals surface area (Å²) in [4.78, 5) is 7.45. The smallest absolute Gasteiger partial charge is 0.146 e. The molecule has 156 valence electrons. The van der Waals surface area contributed by atoms with Crippen molar-refractivity contribution in [2.45, 2.75) is 25.9 Å². The van der Waals surface area contributed by atoms with Crippen molar-refractivity contribution < 1.29 is 4.74 Å². The Balaban J connectivity index is 1.28. The number of aromatic nitrogens is 1. The van der Waals surface area contributed by atoms with E-state index in [4.69, 9.17) is 9.72 Å². The molecule has 1 aromatic heterocycles. The Morgan fingerprint density at radius 2 is 1.45 bits per heavy atom. The van der Waals surface area contributed by atoms with Crippen LogP contribution in [0.5, 0.6) is 5.75 Å². The molecule has 1 saturated heterocycles. The van der Waals surface area contributed by atoms with Gasteiger partial charge in [0.1, 0.15) is 23.7 Å². The molecule has 31 heavy (non-hydrogen) atoms. The lowest BCUT2D eigenvalue weighted by atomic mass is 9.90. The van der Waals surface area contributed by atoms with E-state index in [2.05, 4.69) is 65.6 Å².